The highest BCUT2D eigenvalue weighted by atomic mass is 16.5. The maximum atomic E-state index is 12.2. The zero-order chi connectivity index (χ0) is 13.9. The fraction of sp³-hybridized carbons (Fsp3) is 0.500. The van der Waals surface area contributed by atoms with Gasteiger partial charge in [-0.2, -0.15) is 15.0 Å². The molecule has 6 nitrogen and oxygen atoms in total. The molecular formula is C14H18N4O2. The first kappa shape index (κ1) is 13.1. The molecular weight excluding hydrogens is 256 g/mol. The summed E-state index contributed by atoms with van der Waals surface area (Å²) in [4.78, 5) is 15.6. The van der Waals surface area contributed by atoms with E-state index in [1.165, 1.54) is 4.80 Å². The molecule has 0 unspecified atom stereocenters. The van der Waals surface area contributed by atoms with Crippen LogP contribution in [0.5, 0.6) is 0 Å². The zero-order valence-corrected chi connectivity index (χ0v) is 11.5. The Morgan fingerprint density at radius 2 is 2.05 bits per heavy atom. The minimum Gasteiger partial charge on any atom is -0.384 e. The molecule has 1 aromatic heterocycles. The maximum absolute atomic E-state index is 12.2. The van der Waals surface area contributed by atoms with E-state index in [1.807, 2.05) is 29.2 Å². The molecule has 0 N–H and O–H groups in total. The second-order valence-electron chi connectivity index (χ2n) is 5.17. The van der Waals surface area contributed by atoms with Gasteiger partial charge in [0.1, 0.15) is 17.6 Å². The monoisotopic (exact) mass is 274 g/mol. The number of aromatic nitrogens is 3. The highest BCUT2D eigenvalue weighted by Crippen LogP contribution is 2.16. The van der Waals surface area contributed by atoms with Crippen LogP contribution in [-0.2, 0) is 16.1 Å². The number of benzene rings is 1. The van der Waals surface area contributed by atoms with Crippen molar-refractivity contribution in [3.63, 3.8) is 0 Å². The maximum Gasteiger partial charge on any atom is 0.246 e. The number of fused-ring (bicyclic) bond motifs is 1. The van der Waals surface area contributed by atoms with E-state index in [9.17, 15) is 4.79 Å². The molecule has 2 heterocycles. The van der Waals surface area contributed by atoms with Gasteiger partial charge in [0.05, 0.1) is 6.61 Å². The summed E-state index contributed by atoms with van der Waals surface area (Å²) in [7, 11) is 1.70. The van der Waals surface area contributed by atoms with E-state index < -0.39 is 0 Å². The molecule has 106 valence electrons. The summed E-state index contributed by atoms with van der Waals surface area (Å²) in [6, 6.07) is 7.62. The van der Waals surface area contributed by atoms with Crippen molar-refractivity contribution in [1.82, 2.24) is 19.9 Å². The summed E-state index contributed by atoms with van der Waals surface area (Å²) >= 11 is 0. The number of likely N-dealkylation sites (tertiary alicyclic amines) is 1. The van der Waals surface area contributed by atoms with Crippen LogP contribution in [0.2, 0.25) is 0 Å². The molecule has 1 saturated heterocycles. The minimum atomic E-state index is 0.0731. The summed E-state index contributed by atoms with van der Waals surface area (Å²) in [5.41, 5.74) is 1.64. The number of hydrogen-bond donors (Lipinski definition) is 0. The summed E-state index contributed by atoms with van der Waals surface area (Å²) in [6.07, 6.45) is 1.01. The van der Waals surface area contributed by atoms with E-state index >= 15 is 0 Å². The summed E-state index contributed by atoms with van der Waals surface area (Å²) in [6.45, 7) is 2.49. The van der Waals surface area contributed by atoms with Crippen LogP contribution in [0, 0.1) is 5.92 Å². The predicted octanol–water partition coefficient (Wildman–Crippen LogP) is 0.926. The molecule has 3 rings (SSSR count). The number of carbonyl (C=O) groups is 1. The zero-order valence-electron chi connectivity index (χ0n) is 11.5. The van der Waals surface area contributed by atoms with Crippen LogP contribution in [0.4, 0.5) is 0 Å². The van der Waals surface area contributed by atoms with Gasteiger partial charge in [-0.3, -0.25) is 4.79 Å². The number of carbonyl (C=O) groups excluding carboxylic acids is 1. The van der Waals surface area contributed by atoms with E-state index in [0.29, 0.717) is 12.5 Å². The number of hydrogen-bond acceptors (Lipinski definition) is 4. The molecule has 1 aromatic carbocycles. The van der Waals surface area contributed by atoms with Gasteiger partial charge in [-0.15, -0.1) is 0 Å². The molecule has 0 aliphatic carbocycles. The lowest BCUT2D eigenvalue weighted by Crippen LogP contribution is -2.32. The third-order valence-corrected chi connectivity index (χ3v) is 3.65. The molecule has 1 atom stereocenters. The van der Waals surface area contributed by atoms with Crippen molar-refractivity contribution in [1.29, 1.82) is 0 Å². The minimum absolute atomic E-state index is 0.0731. The molecule has 1 fully saturated rings. The van der Waals surface area contributed by atoms with Crippen LogP contribution < -0.4 is 0 Å². The Kier molecular flexibility index (Phi) is 3.64. The largest absolute Gasteiger partial charge is 0.384 e. The average Bonchev–Trinajstić information content (AvgIpc) is 3.04. The van der Waals surface area contributed by atoms with Crippen molar-refractivity contribution in [2.75, 3.05) is 26.8 Å². The fourth-order valence-corrected chi connectivity index (χ4v) is 2.63. The van der Waals surface area contributed by atoms with Gasteiger partial charge in [-0.05, 0) is 18.6 Å². The van der Waals surface area contributed by atoms with E-state index in [1.54, 1.807) is 7.11 Å². The summed E-state index contributed by atoms with van der Waals surface area (Å²) in [5, 5.41) is 8.63. The summed E-state index contributed by atoms with van der Waals surface area (Å²) < 4.78 is 5.14. The Balaban J connectivity index is 1.64. The standard InChI is InChI=1S/C14H18N4O2/c1-20-10-11-6-7-17(8-11)14(19)9-18-15-12-4-2-3-5-13(12)16-18/h2-5,11H,6-10H2,1H3/t11-/m1/s1. The molecule has 1 aliphatic heterocycles. The predicted molar refractivity (Wildman–Crippen MR) is 74.1 cm³/mol. The Bertz CT molecular complexity index is 577. The van der Waals surface area contributed by atoms with Crippen LogP contribution in [0.25, 0.3) is 11.0 Å². The van der Waals surface area contributed by atoms with Crippen LogP contribution in [-0.4, -0.2) is 52.6 Å². The van der Waals surface area contributed by atoms with E-state index in [4.69, 9.17) is 4.74 Å². The Morgan fingerprint density at radius 1 is 1.35 bits per heavy atom. The first-order valence-electron chi connectivity index (χ1n) is 6.83. The second kappa shape index (κ2) is 5.58. The van der Waals surface area contributed by atoms with Gasteiger partial charge in [0.2, 0.25) is 5.91 Å². The average molecular weight is 274 g/mol. The van der Waals surface area contributed by atoms with Gasteiger partial charge in [-0.25, -0.2) is 0 Å². The normalized spacial score (nSPS) is 18.9. The van der Waals surface area contributed by atoms with E-state index in [0.717, 1.165) is 30.5 Å². The Hall–Kier alpha value is -1.95. The van der Waals surface area contributed by atoms with Crippen molar-refractivity contribution in [3.8, 4) is 0 Å². The van der Waals surface area contributed by atoms with Crippen molar-refractivity contribution >= 4 is 16.9 Å². The molecule has 0 saturated carbocycles. The van der Waals surface area contributed by atoms with Gasteiger partial charge >= 0.3 is 0 Å². The fourth-order valence-electron chi connectivity index (χ4n) is 2.63. The van der Waals surface area contributed by atoms with Crippen molar-refractivity contribution in [3.05, 3.63) is 24.3 Å². The topological polar surface area (TPSA) is 60.2 Å². The molecule has 1 amide bonds. The van der Waals surface area contributed by atoms with Gasteiger partial charge < -0.3 is 9.64 Å². The Morgan fingerprint density at radius 3 is 2.70 bits per heavy atom. The highest BCUT2D eigenvalue weighted by molar-refractivity contribution is 5.77. The molecule has 0 spiro atoms. The molecule has 0 bridgehead atoms. The van der Waals surface area contributed by atoms with Gasteiger partial charge in [0.15, 0.2) is 0 Å². The smallest absolute Gasteiger partial charge is 0.246 e. The van der Waals surface area contributed by atoms with Crippen molar-refractivity contribution < 1.29 is 9.53 Å². The number of methoxy groups -OCH3 is 1. The second-order valence-corrected chi connectivity index (χ2v) is 5.17. The van der Waals surface area contributed by atoms with Crippen LogP contribution in [0.15, 0.2) is 24.3 Å². The number of nitrogens with zero attached hydrogens (tertiary/aromatic N) is 4. The van der Waals surface area contributed by atoms with Gasteiger partial charge in [-0.1, -0.05) is 12.1 Å². The number of rotatable bonds is 4. The molecule has 20 heavy (non-hydrogen) atoms. The van der Waals surface area contributed by atoms with Crippen molar-refractivity contribution in [2.45, 2.75) is 13.0 Å². The van der Waals surface area contributed by atoms with E-state index in [2.05, 4.69) is 10.2 Å². The SMILES string of the molecule is COC[C@@H]1CCN(C(=O)Cn2nc3ccccc3n2)C1. The van der Waals surface area contributed by atoms with Crippen LogP contribution in [0.3, 0.4) is 0 Å². The molecule has 6 heteroatoms. The first-order valence-corrected chi connectivity index (χ1v) is 6.83. The lowest BCUT2D eigenvalue weighted by molar-refractivity contribution is -0.131. The lowest BCUT2D eigenvalue weighted by atomic mass is 10.1. The number of ether oxygens (including phenoxy) is 1. The first-order chi connectivity index (χ1) is 9.76. The third-order valence-electron chi connectivity index (χ3n) is 3.65. The van der Waals surface area contributed by atoms with Gasteiger partial charge in [0.25, 0.3) is 0 Å². The quantitative estimate of drug-likeness (QED) is 0.832. The summed E-state index contributed by atoms with van der Waals surface area (Å²) in [5.74, 6) is 0.525. The van der Waals surface area contributed by atoms with Crippen LogP contribution in [0.1, 0.15) is 6.42 Å². The number of amides is 1. The van der Waals surface area contributed by atoms with E-state index in [-0.39, 0.29) is 12.5 Å². The lowest BCUT2D eigenvalue weighted by Gasteiger charge is -2.15. The molecule has 0 radical (unpaired) electrons. The third kappa shape index (κ3) is 2.65. The highest BCUT2D eigenvalue weighted by Gasteiger charge is 2.26. The molecule has 1 aliphatic rings. The molecule has 2 aromatic rings. The van der Waals surface area contributed by atoms with Gasteiger partial charge in [0, 0.05) is 26.1 Å². The van der Waals surface area contributed by atoms with Crippen LogP contribution >= 0.6 is 0 Å². The Labute approximate surface area is 117 Å². The van der Waals surface area contributed by atoms with Crippen molar-refractivity contribution in [2.24, 2.45) is 5.92 Å².